The first kappa shape index (κ1) is 79.9. The van der Waals surface area contributed by atoms with Gasteiger partial charge in [0.25, 0.3) is 0 Å². The van der Waals surface area contributed by atoms with Gasteiger partial charge in [0.2, 0.25) is 5.91 Å². The molecule has 0 aromatic carbocycles. The van der Waals surface area contributed by atoms with Gasteiger partial charge < -0.3 is 45.1 Å². The fourth-order valence-corrected chi connectivity index (χ4v) is 11.5. The maximum atomic E-state index is 13.0. The molecule has 1 fully saturated rings. The van der Waals surface area contributed by atoms with E-state index in [4.69, 9.17) is 14.2 Å². The van der Waals surface area contributed by atoms with Gasteiger partial charge in [0.1, 0.15) is 24.4 Å². The minimum absolute atomic E-state index is 0.0136. The van der Waals surface area contributed by atoms with E-state index in [0.717, 1.165) is 51.4 Å². The van der Waals surface area contributed by atoms with Gasteiger partial charge in [-0.05, 0) is 70.6 Å². The van der Waals surface area contributed by atoms with Crippen LogP contribution in [0.25, 0.3) is 0 Å². The quantitative estimate of drug-likeness (QED) is 0.0195. The van der Waals surface area contributed by atoms with E-state index in [2.05, 4.69) is 43.5 Å². The van der Waals surface area contributed by atoms with Crippen LogP contribution in [0.2, 0.25) is 0 Å². The number of carbonyl (C=O) groups is 2. The van der Waals surface area contributed by atoms with E-state index >= 15 is 0 Å². The van der Waals surface area contributed by atoms with Crippen molar-refractivity contribution in [3.05, 3.63) is 36.5 Å². The Morgan fingerprint density at radius 1 is 0.429 bits per heavy atom. The molecule has 1 rings (SSSR count). The van der Waals surface area contributed by atoms with Crippen molar-refractivity contribution in [2.24, 2.45) is 0 Å². The molecule has 7 unspecified atom stereocenters. The van der Waals surface area contributed by atoms with Crippen LogP contribution in [0.1, 0.15) is 354 Å². The summed E-state index contributed by atoms with van der Waals surface area (Å²) in [5, 5.41) is 54.2. The molecule has 1 heterocycles. The van der Waals surface area contributed by atoms with Crippen molar-refractivity contribution < 1.29 is 49.3 Å². The smallest absolute Gasteiger partial charge is 0.305 e. The van der Waals surface area contributed by atoms with Gasteiger partial charge in [-0.25, -0.2) is 0 Å². The zero-order valence-corrected chi connectivity index (χ0v) is 54.9. The van der Waals surface area contributed by atoms with Crippen molar-refractivity contribution in [1.29, 1.82) is 0 Å². The molecule has 1 aliphatic heterocycles. The zero-order valence-electron chi connectivity index (χ0n) is 54.9. The molecule has 0 aromatic heterocycles. The highest BCUT2D eigenvalue weighted by molar-refractivity contribution is 5.76. The Hall–Kier alpha value is -2.12. The van der Waals surface area contributed by atoms with Gasteiger partial charge in [-0.2, -0.15) is 0 Å². The topological polar surface area (TPSA) is 175 Å². The summed E-state index contributed by atoms with van der Waals surface area (Å²) >= 11 is 0. The molecule has 11 nitrogen and oxygen atoms in total. The second-order valence-electron chi connectivity index (χ2n) is 25.3. The lowest BCUT2D eigenvalue weighted by Crippen LogP contribution is -2.60. The largest absolute Gasteiger partial charge is 0.466 e. The molecule has 1 aliphatic rings. The number of aliphatic hydroxyl groups is 5. The van der Waals surface area contributed by atoms with E-state index in [-0.39, 0.29) is 18.5 Å². The second-order valence-corrected chi connectivity index (χ2v) is 25.3. The van der Waals surface area contributed by atoms with Crippen LogP contribution in [0.3, 0.4) is 0 Å². The highest BCUT2D eigenvalue weighted by Crippen LogP contribution is 2.23. The maximum Gasteiger partial charge on any atom is 0.305 e. The van der Waals surface area contributed by atoms with Gasteiger partial charge in [-0.15, -0.1) is 0 Å². The Balaban J connectivity index is 1.89. The highest BCUT2D eigenvalue weighted by atomic mass is 16.7. The maximum absolute atomic E-state index is 13.0. The highest BCUT2D eigenvalue weighted by Gasteiger charge is 2.44. The number of rotatable bonds is 64. The third kappa shape index (κ3) is 50.8. The first-order chi connectivity index (χ1) is 41.2. The van der Waals surface area contributed by atoms with Crippen molar-refractivity contribution >= 4 is 11.9 Å². The van der Waals surface area contributed by atoms with Crippen molar-refractivity contribution in [3.63, 3.8) is 0 Å². The summed E-state index contributed by atoms with van der Waals surface area (Å²) in [6.45, 7) is 4.31. The van der Waals surface area contributed by atoms with Crippen molar-refractivity contribution in [1.82, 2.24) is 5.32 Å². The third-order valence-electron chi connectivity index (χ3n) is 17.2. The Kier molecular flexibility index (Phi) is 59.4. The van der Waals surface area contributed by atoms with Gasteiger partial charge in [-0.1, -0.05) is 307 Å². The zero-order chi connectivity index (χ0) is 60.9. The monoisotopic (exact) mass is 1190 g/mol. The van der Waals surface area contributed by atoms with E-state index < -0.39 is 49.5 Å². The lowest BCUT2D eigenvalue weighted by molar-refractivity contribution is -0.302. The fourth-order valence-electron chi connectivity index (χ4n) is 11.5. The van der Waals surface area contributed by atoms with E-state index in [9.17, 15) is 35.1 Å². The lowest BCUT2D eigenvalue weighted by atomic mass is 9.99. The van der Waals surface area contributed by atoms with E-state index in [1.54, 1.807) is 6.08 Å². The minimum atomic E-state index is -1.57. The average molecular weight is 1190 g/mol. The number of nitrogens with one attached hydrogen (secondary N) is 1. The van der Waals surface area contributed by atoms with Crippen molar-refractivity contribution in [3.8, 4) is 0 Å². The molecule has 84 heavy (non-hydrogen) atoms. The molecule has 1 amide bonds. The summed E-state index contributed by atoms with van der Waals surface area (Å²) in [6, 6.07) is -0.824. The van der Waals surface area contributed by atoms with Crippen molar-refractivity contribution in [2.45, 2.75) is 397 Å². The molecule has 11 heteroatoms. The van der Waals surface area contributed by atoms with E-state index in [0.29, 0.717) is 19.4 Å². The standard InChI is InChI=1S/C73H137NO10/c1-3-5-7-9-11-13-14-15-34-38-41-45-49-53-57-61-69(78)82-62-58-54-50-46-42-39-36-33-31-29-27-25-23-21-19-17-16-18-20-22-24-26-28-30-32-35-37-40-44-48-52-56-60-68(77)74-65(66(76)59-55-51-47-43-12-10-8-6-4-2)64-83-73-72(81)71(80)70(79)67(63-75)84-73/h12,19,21,43,55,59,65-67,70-73,75-76,79-81H,3-11,13-18,20,22-42,44-54,56-58,60-64H2,1-2H3,(H,74,77)/b21-19-,43-12+,59-55+. The second kappa shape index (κ2) is 62.5. The molecule has 0 aromatic rings. The van der Waals surface area contributed by atoms with Crippen molar-refractivity contribution in [2.75, 3.05) is 19.8 Å². The number of allylic oxidation sites excluding steroid dienone is 5. The summed E-state index contributed by atoms with van der Waals surface area (Å²) in [5.41, 5.74) is 0. The lowest BCUT2D eigenvalue weighted by Gasteiger charge is -2.40. The molecule has 494 valence electrons. The van der Waals surface area contributed by atoms with Gasteiger partial charge in [-0.3, -0.25) is 9.59 Å². The first-order valence-electron chi connectivity index (χ1n) is 36.3. The van der Waals surface area contributed by atoms with E-state index in [1.165, 1.54) is 276 Å². The summed E-state index contributed by atoms with van der Waals surface area (Å²) in [6.07, 6.45) is 70.3. The number of amides is 1. The number of carbonyl (C=O) groups excluding carboxylic acids is 2. The molecule has 7 atom stereocenters. The number of hydrogen-bond acceptors (Lipinski definition) is 10. The number of hydrogen-bond donors (Lipinski definition) is 6. The molecule has 0 aliphatic carbocycles. The summed E-state index contributed by atoms with van der Waals surface area (Å²) < 4.78 is 16.7. The van der Waals surface area contributed by atoms with Gasteiger partial charge in [0, 0.05) is 12.8 Å². The Morgan fingerprint density at radius 3 is 1.20 bits per heavy atom. The fraction of sp³-hybridized carbons (Fsp3) is 0.890. The van der Waals surface area contributed by atoms with Crippen LogP contribution in [0.5, 0.6) is 0 Å². The van der Waals surface area contributed by atoms with Gasteiger partial charge >= 0.3 is 5.97 Å². The Bertz CT molecular complexity index is 1490. The molecule has 0 bridgehead atoms. The number of aliphatic hydroxyl groups excluding tert-OH is 5. The summed E-state index contributed by atoms with van der Waals surface area (Å²) in [5.74, 6) is -0.177. The minimum Gasteiger partial charge on any atom is -0.466 e. The average Bonchev–Trinajstić information content (AvgIpc) is 3.70. The molecule has 6 N–H and O–H groups in total. The number of esters is 1. The predicted octanol–water partition coefficient (Wildman–Crippen LogP) is 18.6. The summed E-state index contributed by atoms with van der Waals surface area (Å²) in [7, 11) is 0. The van der Waals surface area contributed by atoms with Crippen LogP contribution in [0.15, 0.2) is 36.5 Å². The van der Waals surface area contributed by atoms with Crippen LogP contribution in [-0.4, -0.2) is 100 Å². The van der Waals surface area contributed by atoms with Gasteiger partial charge in [0.05, 0.1) is 32.0 Å². The molecule has 0 spiro atoms. The van der Waals surface area contributed by atoms with E-state index in [1.807, 2.05) is 6.08 Å². The number of ether oxygens (including phenoxy) is 3. The number of unbranched alkanes of at least 4 members (excludes halogenated alkanes) is 46. The third-order valence-corrected chi connectivity index (χ3v) is 17.2. The molecule has 0 saturated carbocycles. The Labute approximate surface area is 517 Å². The molecule has 0 radical (unpaired) electrons. The van der Waals surface area contributed by atoms with Gasteiger partial charge in [0.15, 0.2) is 6.29 Å². The molecular weight excluding hydrogens is 1050 g/mol. The Morgan fingerprint density at radius 2 is 0.774 bits per heavy atom. The van der Waals surface area contributed by atoms with Crippen LogP contribution in [0.4, 0.5) is 0 Å². The van der Waals surface area contributed by atoms with Crippen LogP contribution >= 0.6 is 0 Å². The SMILES string of the molecule is CCCCC/C=C/CC/C=C/C(O)C(COC1OC(CO)C(O)C(O)C1O)NC(=O)CCCCCCCCCCCCCCCCCC/C=C\CCCCCCCCCCCCCCOC(=O)CCCCCCCCCCCCCCCCC. The van der Waals surface area contributed by atoms with Crippen LogP contribution in [0, 0.1) is 0 Å². The normalized spacial score (nSPS) is 18.2. The van der Waals surface area contributed by atoms with Crippen LogP contribution in [-0.2, 0) is 23.8 Å². The summed E-state index contributed by atoms with van der Waals surface area (Å²) in [4.78, 5) is 25.1. The predicted molar refractivity (Wildman–Crippen MR) is 352 cm³/mol. The first-order valence-corrected chi connectivity index (χ1v) is 36.3. The molecule has 1 saturated heterocycles. The molecular formula is C73H137NO10. The van der Waals surface area contributed by atoms with Crippen LogP contribution < -0.4 is 5.32 Å².